The Labute approximate surface area is 191 Å². The Morgan fingerprint density at radius 3 is 2.13 bits per heavy atom. The van der Waals surface area contributed by atoms with Gasteiger partial charge in [0, 0.05) is 5.57 Å². The van der Waals surface area contributed by atoms with Crippen LogP contribution in [0.4, 0.5) is 13.2 Å². The largest absolute Gasteiger partial charge is 1.00 e. The average molecular weight is 450 g/mol. The van der Waals surface area contributed by atoms with E-state index in [0.29, 0.717) is 5.56 Å². The molecular formula is C15H16CsF3O4. The van der Waals surface area contributed by atoms with Crippen molar-refractivity contribution in [1.82, 2.24) is 0 Å². The summed E-state index contributed by atoms with van der Waals surface area (Å²) in [4.78, 5) is 21.9. The zero-order valence-electron chi connectivity index (χ0n) is 13.1. The number of aliphatic carboxylic acids is 1. The van der Waals surface area contributed by atoms with Crippen molar-refractivity contribution >= 4 is 11.9 Å². The van der Waals surface area contributed by atoms with Gasteiger partial charge in [-0.2, -0.15) is 13.2 Å². The summed E-state index contributed by atoms with van der Waals surface area (Å²) in [6.45, 7) is 4.75. The Kier molecular flexibility index (Phi) is 11.5. The number of ether oxygens (including phenoxy) is 1. The van der Waals surface area contributed by atoms with E-state index in [1.54, 1.807) is 0 Å². The Morgan fingerprint density at radius 2 is 1.74 bits per heavy atom. The summed E-state index contributed by atoms with van der Waals surface area (Å²) in [5.74, 6) is -2.12. The van der Waals surface area contributed by atoms with Crippen LogP contribution in [-0.4, -0.2) is 17.0 Å². The number of esters is 1. The van der Waals surface area contributed by atoms with E-state index in [0.717, 1.165) is 12.1 Å². The van der Waals surface area contributed by atoms with Crippen LogP contribution in [0, 0.1) is 7.43 Å². The normalized spacial score (nSPS) is 11.5. The van der Waals surface area contributed by atoms with Gasteiger partial charge in [0.25, 0.3) is 0 Å². The second-order valence-corrected chi connectivity index (χ2v) is 4.34. The molecule has 0 aliphatic rings. The third-order valence-corrected chi connectivity index (χ3v) is 2.64. The van der Waals surface area contributed by atoms with Crippen molar-refractivity contribution in [3.8, 4) is 0 Å². The number of carboxylic acid groups (broad SMARTS) is 1. The van der Waals surface area contributed by atoms with Crippen LogP contribution < -0.4 is 68.9 Å². The first-order valence-corrected chi connectivity index (χ1v) is 5.89. The van der Waals surface area contributed by atoms with Crippen LogP contribution in [0.1, 0.15) is 30.6 Å². The fourth-order valence-electron chi connectivity index (χ4n) is 1.51. The number of benzene rings is 1. The van der Waals surface area contributed by atoms with Crippen LogP contribution >= 0.6 is 0 Å². The molecule has 0 aliphatic heterocycles. The van der Waals surface area contributed by atoms with Gasteiger partial charge in [0.1, 0.15) is 6.10 Å². The van der Waals surface area contributed by atoms with E-state index in [9.17, 15) is 22.8 Å². The molecule has 23 heavy (non-hydrogen) atoms. The minimum Gasteiger partial charge on any atom is -0.481 e. The molecule has 0 saturated carbocycles. The van der Waals surface area contributed by atoms with E-state index in [1.807, 2.05) is 0 Å². The van der Waals surface area contributed by atoms with Crippen LogP contribution in [0.5, 0.6) is 0 Å². The van der Waals surface area contributed by atoms with Crippen molar-refractivity contribution < 1.29 is 101 Å². The van der Waals surface area contributed by atoms with Gasteiger partial charge in [-0.25, -0.2) is 4.79 Å². The molecule has 1 unspecified atom stereocenters. The van der Waals surface area contributed by atoms with Crippen molar-refractivity contribution in [2.75, 3.05) is 0 Å². The second-order valence-electron chi connectivity index (χ2n) is 4.34. The second kappa shape index (κ2) is 10.6. The van der Waals surface area contributed by atoms with E-state index >= 15 is 0 Å². The van der Waals surface area contributed by atoms with Gasteiger partial charge in [-0.1, -0.05) is 18.7 Å². The van der Waals surface area contributed by atoms with Gasteiger partial charge < -0.3 is 17.3 Å². The number of carboxylic acids is 1. The predicted molar refractivity (Wildman–Crippen MR) is 73.8 cm³/mol. The van der Waals surface area contributed by atoms with E-state index < -0.39 is 36.2 Å². The first kappa shape index (κ1) is 25.0. The van der Waals surface area contributed by atoms with E-state index in [2.05, 4.69) is 6.58 Å². The van der Waals surface area contributed by atoms with Gasteiger partial charge in [0.2, 0.25) is 0 Å². The zero-order valence-corrected chi connectivity index (χ0v) is 19.4. The topological polar surface area (TPSA) is 63.6 Å². The maximum Gasteiger partial charge on any atom is 1.00 e. The molecule has 8 heteroatoms. The Bertz CT molecular complexity index is 553. The summed E-state index contributed by atoms with van der Waals surface area (Å²) in [5.41, 5.74) is -0.680. The number of hydrogen-bond donors (Lipinski definition) is 1. The molecule has 0 fully saturated rings. The van der Waals surface area contributed by atoms with Crippen molar-refractivity contribution in [1.29, 1.82) is 0 Å². The SMILES string of the molecule is C=C(CC(=O)O)C(=O)OC(C)c1ccc(C(F)(F)F)cc1.[CH3-].[Cs+]. The minimum atomic E-state index is -4.44. The van der Waals surface area contributed by atoms with Crippen LogP contribution in [-0.2, 0) is 20.5 Å². The van der Waals surface area contributed by atoms with Crippen LogP contribution in [0.3, 0.4) is 0 Å². The van der Waals surface area contributed by atoms with Crippen molar-refractivity contribution in [3.05, 3.63) is 55.0 Å². The molecule has 0 heterocycles. The predicted octanol–water partition coefficient (Wildman–Crippen LogP) is 0.795. The molecule has 0 aromatic heterocycles. The quantitative estimate of drug-likeness (QED) is 0.410. The Balaban J connectivity index is 0. The summed E-state index contributed by atoms with van der Waals surface area (Å²) in [7, 11) is 0. The molecule has 4 nitrogen and oxygen atoms in total. The van der Waals surface area contributed by atoms with Gasteiger partial charge in [0.15, 0.2) is 0 Å². The van der Waals surface area contributed by atoms with Gasteiger partial charge >= 0.3 is 87.0 Å². The number of halogens is 3. The van der Waals surface area contributed by atoms with E-state index in [-0.39, 0.29) is 81.9 Å². The van der Waals surface area contributed by atoms with Crippen LogP contribution in [0.2, 0.25) is 0 Å². The summed E-state index contributed by atoms with van der Waals surface area (Å²) < 4.78 is 42.2. The summed E-state index contributed by atoms with van der Waals surface area (Å²) in [5, 5.41) is 8.52. The number of rotatable bonds is 5. The van der Waals surface area contributed by atoms with E-state index in [1.165, 1.54) is 19.1 Å². The molecule has 0 radical (unpaired) electrons. The maximum absolute atomic E-state index is 12.4. The molecule has 1 aromatic carbocycles. The summed E-state index contributed by atoms with van der Waals surface area (Å²) >= 11 is 0. The van der Waals surface area contributed by atoms with Gasteiger partial charge in [-0.05, 0) is 24.6 Å². The van der Waals surface area contributed by atoms with Gasteiger partial charge in [-0.15, -0.1) is 0 Å². The van der Waals surface area contributed by atoms with Crippen molar-refractivity contribution in [3.63, 3.8) is 0 Å². The molecule has 1 atom stereocenters. The average Bonchev–Trinajstić information content (AvgIpc) is 2.36. The number of carbonyl (C=O) groups is 2. The monoisotopic (exact) mass is 450 g/mol. The smallest absolute Gasteiger partial charge is 0.481 e. The fraction of sp³-hybridized carbons (Fsp3) is 0.267. The minimum absolute atomic E-state index is 0. The van der Waals surface area contributed by atoms with Gasteiger partial charge in [0.05, 0.1) is 12.0 Å². The fourth-order valence-corrected chi connectivity index (χ4v) is 1.51. The molecule has 0 amide bonds. The molecule has 0 bridgehead atoms. The first-order chi connectivity index (χ1) is 9.61. The Hall–Kier alpha value is -0.258. The van der Waals surface area contributed by atoms with Crippen LogP contribution in [0.15, 0.2) is 36.4 Å². The third-order valence-electron chi connectivity index (χ3n) is 2.64. The molecule has 1 N–H and O–H groups in total. The molecule has 1 rings (SSSR count). The molecule has 122 valence electrons. The van der Waals surface area contributed by atoms with Crippen molar-refractivity contribution in [2.24, 2.45) is 0 Å². The summed E-state index contributed by atoms with van der Waals surface area (Å²) in [6.07, 6.45) is -5.81. The molecule has 1 aromatic rings. The zero-order chi connectivity index (χ0) is 16.2. The number of hydrogen-bond acceptors (Lipinski definition) is 3. The third kappa shape index (κ3) is 8.41. The molecule has 0 spiro atoms. The van der Waals surface area contributed by atoms with Crippen LogP contribution in [0.25, 0.3) is 0 Å². The standard InChI is InChI=1S/C14H13F3O4.CH3.Cs/c1-8(7-12(18)19)13(20)21-9(2)10-3-5-11(6-4-10)14(15,16)17;;/h3-6,9H,1,7H2,2H3,(H,18,19);1H3;/q;-1;+1. The van der Waals surface area contributed by atoms with E-state index in [4.69, 9.17) is 9.84 Å². The number of alkyl halides is 3. The Morgan fingerprint density at radius 1 is 1.26 bits per heavy atom. The van der Waals surface area contributed by atoms with Gasteiger partial charge in [-0.3, -0.25) is 4.79 Å². The summed E-state index contributed by atoms with van der Waals surface area (Å²) in [6, 6.07) is 4.15. The maximum atomic E-state index is 12.4. The molecule has 0 saturated heterocycles. The van der Waals surface area contributed by atoms with Crippen molar-refractivity contribution in [2.45, 2.75) is 25.6 Å². The molecular weight excluding hydrogens is 434 g/mol. The first-order valence-electron chi connectivity index (χ1n) is 5.89. The number of carbonyl (C=O) groups excluding carboxylic acids is 1. The molecule has 0 aliphatic carbocycles.